The number of rotatable bonds is 6. The van der Waals surface area contributed by atoms with Crippen molar-refractivity contribution < 1.29 is 9.53 Å². The highest BCUT2D eigenvalue weighted by atomic mass is 16.5. The van der Waals surface area contributed by atoms with Crippen LogP contribution in [0.15, 0.2) is 30.3 Å². The number of carbonyl (C=O) groups excluding carboxylic acids is 1. The Bertz CT molecular complexity index is 779. The summed E-state index contributed by atoms with van der Waals surface area (Å²) in [6.45, 7) is 2.79. The highest BCUT2D eigenvalue weighted by molar-refractivity contribution is 5.80. The summed E-state index contributed by atoms with van der Waals surface area (Å²) in [4.78, 5) is 20.3. The normalized spacial score (nSPS) is 23.7. The van der Waals surface area contributed by atoms with Gasteiger partial charge in [0.1, 0.15) is 5.75 Å². The average Bonchev–Trinajstić information content (AvgIpc) is 3.30. The molecule has 2 aliphatic heterocycles. The SMILES string of the molecule is CN1CCCC1CCOc1ccc2nc(C3CCCN3C=O)ccc2c1. The maximum Gasteiger partial charge on any atom is 0.210 e. The van der Waals surface area contributed by atoms with Crippen LogP contribution in [0.2, 0.25) is 0 Å². The number of carbonyl (C=O) groups is 1. The number of hydrogen-bond donors (Lipinski definition) is 0. The lowest BCUT2D eigenvalue weighted by Crippen LogP contribution is -2.26. The molecule has 138 valence electrons. The van der Waals surface area contributed by atoms with Crippen LogP contribution in [0.3, 0.4) is 0 Å². The van der Waals surface area contributed by atoms with Gasteiger partial charge in [0.2, 0.25) is 6.41 Å². The van der Waals surface area contributed by atoms with Gasteiger partial charge in [-0.15, -0.1) is 0 Å². The maximum atomic E-state index is 11.2. The van der Waals surface area contributed by atoms with Crippen LogP contribution in [-0.2, 0) is 4.79 Å². The molecule has 2 aromatic rings. The minimum absolute atomic E-state index is 0.122. The molecule has 2 atom stereocenters. The number of fused-ring (bicyclic) bond motifs is 1. The molecule has 26 heavy (non-hydrogen) atoms. The molecular weight excluding hydrogens is 326 g/mol. The van der Waals surface area contributed by atoms with E-state index in [2.05, 4.69) is 24.1 Å². The number of nitrogens with zero attached hydrogens (tertiary/aromatic N) is 3. The fraction of sp³-hybridized carbons (Fsp3) is 0.524. The highest BCUT2D eigenvalue weighted by Crippen LogP contribution is 2.31. The lowest BCUT2D eigenvalue weighted by Gasteiger charge is -2.20. The number of pyridine rings is 1. The third-order valence-electron chi connectivity index (χ3n) is 5.84. The standard InChI is InChI=1S/C21H27N3O2/c1-23-11-2-4-17(23)10-13-26-18-7-9-19-16(14-18)6-8-20(22-19)21-5-3-12-24(21)15-25/h6-9,14-15,17,21H,2-5,10-13H2,1H3. The van der Waals surface area contributed by atoms with Crippen molar-refractivity contribution in [3.05, 3.63) is 36.0 Å². The average molecular weight is 353 g/mol. The number of likely N-dealkylation sites (tertiary alicyclic amines) is 2. The van der Waals surface area contributed by atoms with Crippen LogP contribution in [0.4, 0.5) is 0 Å². The van der Waals surface area contributed by atoms with Crippen molar-refractivity contribution in [3.8, 4) is 5.75 Å². The van der Waals surface area contributed by atoms with Crippen molar-refractivity contribution >= 4 is 17.3 Å². The summed E-state index contributed by atoms with van der Waals surface area (Å²) in [5, 5.41) is 1.08. The molecule has 1 aromatic heterocycles. The number of amides is 1. The number of benzene rings is 1. The molecule has 2 aliphatic rings. The molecule has 0 aliphatic carbocycles. The van der Waals surface area contributed by atoms with Crippen LogP contribution in [0, 0.1) is 0 Å². The van der Waals surface area contributed by atoms with E-state index in [4.69, 9.17) is 9.72 Å². The first-order valence-electron chi connectivity index (χ1n) is 9.69. The van der Waals surface area contributed by atoms with Gasteiger partial charge < -0.3 is 14.5 Å². The van der Waals surface area contributed by atoms with Gasteiger partial charge in [-0.25, -0.2) is 0 Å². The van der Waals surface area contributed by atoms with E-state index in [1.165, 1.54) is 19.4 Å². The first kappa shape index (κ1) is 17.3. The number of ether oxygens (including phenoxy) is 1. The Morgan fingerprint density at radius 2 is 2.08 bits per heavy atom. The molecule has 5 heteroatoms. The maximum absolute atomic E-state index is 11.2. The second-order valence-electron chi connectivity index (χ2n) is 7.51. The molecule has 2 fully saturated rings. The van der Waals surface area contributed by atoms with Crippen LogP contribution < -0.4 is 4.74 Å². The molecule has 0 radical (unpaired) electrons. The summed E-state index contributed by atoms with van der Waals surface area (Å²) in [6, 6.07) is 11.0. The van der Waals surface area contributed by atoms with E-state index in [0.29, 0.717) is 6.04 Å². The molecular formula is C21H27N3O2. The van der Waals surface area contributed by atoms with Gasteiger partial charge in [-0.2, -0.15) is 0 Å². The third-order valence-corrected chi connectivity index (χ3v) is 5.84. The largest absolute Gasteiger partial charge is 0.494 e. The van der Waals surface area contributed by atoms with Gasteiger partial charge in [0.25, 0.3) is 0 Å². The van der Waals surface area contributed by atoms with Gasteiger partial charge in [0.15, 0.2) is 0 Å². The van der Waals surface area contributed by atoms with E-state index in [0.717, 1.165) is 61.2 Å². The van der Waals surface area contributed by atoms with Gasteiger partial charge in [-0.05, 0) is 70.0 Å². The highest BCUT2D eigenvalue weighted by Gasteiger charge is 2.25. The van der Waals surface area contributed by atoms with Gasteiger partial charge in [0, 0.05) is 18.0 Å². The quantitative estimate of drug-likeness (QED) is 0.747. The molecule has 1 aromatic carbocycles. The lowest BCUT2D eigenvalue weighted by molar-refractivity contribution is -0.119. The smallest absolute Gasteiger partial charge is 0.210 e. The molecule has 0 N–H and O–H groups in total. The Kier molecular flexibility index (Phi) is 5.07. The molecule has 3 heterocycles. The monoisotopic (exact) mass is 353 g/mol. The van der Waals surface area contributed by atoms with Crippen molar-refractivity contribution in [2.75, 3.05) is 26.7 Å². The van der Waals surface area contributed by atoms with Crippen molar-refractivity contribution in [2.24, 2.45) is 0 Å². The van der Waals surface area contributed by atoms with Crippen molar-refractivity contribution in [2.45, 2.75) is 44.2 Å². The fourth-order valence-corrected chi connectivity index (χ4v) is 4.28. The molecule has 0 saturated carbocycles. The van der Waals surface area contributed by atoms with Crippen LogP contribution in [0.25, 0.3) is 10.9 Å². The van der Waals surface area contributed by atoms with E-state index >= 15 is 0 Å². The predicted octanol–water partition coefficient (Wildman–Crippen LogP) is 3.39. The Balaban J connectivity index is 1.42. The molecule has 2 saturated heterocycles. The van der Waals surface area contributed by atoms with Crippen LogP contribution in [-0.4, -0.2) is 54.0 Å². The summed E-state index contributed by atoms with van der Waals surface area (Å²) in [6.07, 6.45) is 6.65. The summed E-state index contributed by atoms with van der Waals surface area (Å²) in [5.41, 5.74) is 1.95. The molecule has 0 spiro atoms. The predicted molar refractivity (Wildman–Crippen MR) is 102 cm³/mol. The Hall–Kier alpha value is -2.14. The minimum Gasteiger partial charge on any atom is -0.494 e. The van der Waals surface area contributed by atoms with E-state index in [1.807, 2.05) is 23.1 Å². The van der Waals surface area contributed by atoms with Crippen molar-refractivity contribution in [1.82, 2.24) is 14.8 Å². The van der Waals surface area contributed by atoms with Crippen LogP contribution in [0.1, 0.15) is 43.8 Å². The third kappa shape index (κ3) is 3.54. The first-order chi connectivity index (χ1) is 12.7. The molecule has 0 bridgehead atoms. The van der Waals surface area contributed by atoms with Crippen LogP contribution >= 0.6 is 0 Å². The fourth-order valence-electron chi connectivity index (χ4n) is 4.28. The number of hydrogen-bond acceptors (Lipinski definition) is 4. The molecule has 4 rings (SSSR count). The van der Waals surface area contributed by atoms with E-state index in [9.17, 15) is 4.79 Å². The number of aromatic nitrogens is 1. The first-order valence-corrected chi connectivity index (χ1v) is 9.69. The minimum atomic E-state index is 0.122. The van der Waals surface area contributed by atoms with Gasteiger partial charge >= 0.3 is 0 Å². The lowest BCUT2D eigenvalue weighted by atomic mass is 10.1. The van der Waals surface area contributed by atoms with Gasteiger partial charge in [0.05, 0.1) is 23.9 Å². The Labute approximate surface area is 154 Å². The second kappa shape index (κ2) is 7.62. The summed E-state index contributed by atoms with van der Waals surface area (Å²) in [5.74, 6) is 0.906. The zero-order chi connectivity index (χ0) is 17.9. The molecule has 1 amide bonds. The van der Waals surface area contributed by atoms with Gasteiger partial charge in [-0.3, -0.25) is 9.78 Å². The van der Waals surface area contributed by atoms with E-state index in [1.54, 1.807) is 0 Å². The van der Waals surface area contributed by atoms with Crippen molar-refractivity contribution in [1.29, 1.82) is 0 Å². The summed E-state index contributed by atoms with van der Waals surface area (Å²) >= 11 is 0. The van der Waals surface area contributed by atoms with Crippen LogP contribution in [0.5, 0.6) is 5.75 Å². The van der Waals surface area contributed by atoms with E-state index in [-0.39, 0.29) is 6.04 Å². The molecule has 5 nitrogen and oxygen atoms in total. The van der Waals surface area contributed by atoms with Gasteiger partial charge in [-0.1, -0.05) is 6.07 Å². The molecule has 2 unspecified atom stereocenters. The zero-order valence-corrected chi connectivity index (χ0v) is 15.4. The Morgan fingerprint density at radius 3 is 2.88 bits per heavy atom. The zero-order valence-electron chi connectivity index (χ0n) is 15.4. The Morgan fingerprint density at radius 1 is 1.19 bits per heavy atom. The topological polar surface area (TPSA) is 45.7 Å². The summed E-state index contributed by atoms with van der Waals surface area (Å²) < 4.78 is 5.98. The van der Waals surface area contributed by atoms with Crippen molar-refractivity contribution in [3.63, 3.8) is 0 Å². The summed E-state index contributed by atoms with van der Waals surface area (Å²) in [7, 11) is 2.20. The van der Waals surface area contributed by atoms with E-state index < -0.39 is 0 Å². The second-order valence-corrected chi connectivity index (χ2v) is 7.51.